The Bertz CT molecular complexity index is 323. The van der Waals surface area contributed by atoms with Crippen LogP contribution in [-0.4, -0.2) is 11.7 Å². The molecule has 0 bridgehead atoms. The van der Waals surface area contributed by atoms with Gasteiger partial charge in [-0.25, -0.2) is 10.2 Å². The minimum absolute atomic E-state index is 0.579. The van der Waals surface area contributed by atoms with Crippen molar-refractivity contribution in [1.29, 1.82) is 0 Å². The van der Waals surface area contributed by atoms with E-state index in [0.29, 0.717) is 0 Å². The van der Waals surface area contributed by atoms with E-state index in [1.54, 1.807) is 5.57 Å². The first-order valence-corrected chi connectivity index (χ1v) is 5.60. The Labute approximate surface area is 89.6 Å². The first-order chi connectivity index (χ1) is 7.27. The molecule has 2 fully saturated rings. The summed E-state index contributed by atoms with van der Waals surface area (Å²) >= 11 is 0. The molecule has 2 aliphatic rings. The molecule has 15 heavy (non-hydrogen) atoms. The first kappa shape index (κ1) is 10.2. The lowest BCUT2D eigenvalue weighted by Gasteiger charge is -2.05. The van der Waals surface area contributed by atoms with E-state index in [0.717, 1.165) is 25.0 Å². The van der Waals surface area contributed by atoms with E-state index >= 15 is 0 Å². The number of primary amides is 1. The summed E-state index contributed by atoms with van der Waals surface area (Å²) in [7, 11) is 0. The molecule has 0 heterocycles. The quantitative estimate of drug-likeness (QED) is 0.635. The Kier molecular flexibility index (Phi) is 3.04. The number of hydrogen-bond acceptors (Lipinski definition) is 2. The van der Waals surface area contributed by atoms with E-state index in [1.807, 2.05) is 0 Å². The maximum atomic E-state index is 10.6. The molecule has 0 aromatic rings. The summed E-state index contributed by atoms with van der Waals surface area (Å²) in [6.07, 6.45) is 8.27. The molecule has 2 rings (SSSR count). The Morgan fingerprint density at radius 2 is 1.87 bits per heavy atom. The minimum Gasteiger partial charge on any atom is -0.350 e. The van der Waals surface area contributed by atoms with Crippen LogP contribution < -0.4 is 11.2 Å². The van der Waals surface area contributed by atoms with Gasteiger partial charge in [-0.3, -0.25) is 0 Å². The van der Waals surface area contributed by atoms with Crippen molar-refractivity contribution in [2.24, 2.45) is 10.8 Å². The Morgan fingerprint density at radius 3 is 2.53 bits per heavy atom. The van der Waals surface area contributed by atoms with Crippen molar-refractivity contribution < 1.29 is 4.79 Å². The number of urea groups is 1. The van der Waals surface area contributed by atoms with Gasteiger partial charge in [-0.2, -0.15) is 5.10 Å². The zero-order valence-corrected chi connectivity index (χ0v) is 8.88. The van der Waals surface area contributed by atoms with Gasteiger partial charge in [-0.05, 0) is 50.5 Å². The summed E-state index contributed by atoms with van der Waals surface area (Å²) in [5, 5.41) is 4.08. The van der Waals surface area contributed by atoms with Gasteiger partial charge >= 0.3 is 6.03 Å². The molecule has 0 unspecified atom stereocenters. The maximum absolute atomic E-state index is 10.6. The van der Waals surface area contributed by atoms with Crippen LogP contribution in [0.3, 0.4) is 0 Å². The predicted molar refractivity (Wildman–Crippen MR) is 59.5 cm³/mol. The molecule has 0 aromatic carbocycles. The largest absolute Gasteiger partial charge is 0.350 e. The van der Waals surface area contributed by atoms with Crippen molar-refractivity contribution >= 4 is 11.7 Å². The normalized spacial score (nSPS) is 23.9. The summed E-state index contributed by atoms with van der Waals surface area (Å²) in [6.45, 7) is 0. The summed E-state index contributed by atoms with van der Waals surface area (Å²) in [5.41, 5.74) is 11.3. The molecule has 2 amide bonds. The fourth-order valence-corrected chi connectivity index (χ4v) is 2.46. The SMILES string of the molecule is NC(=O)N/N=C1/CCCC1=C1CCCC1. The summed E-state index contributed by atoms with van der Waals surface area (Å²) < 4.78 is 0. The van der Waals surface area contributed by atoms with Crippen molar-refractivity contribution in [1.82, 2.24) is 5.43 Å². The van der Waals surface area contributed by atoms with E-state index in [9.17, 15) is 4.79 Å². The molecule has 4 nitrogen and oxygen atoms in total. The Morgan fingerprint density at radius 1 is 1.13 bits per heavy atom. The fourth-order valence-electron chi connectivity index (χ4n) is 2.46. The van der Waals surface area contributed by atoms with E-state index in [1.165, 1.54) is 31.3 Å². The van der Waals surface area contributed by atoms with Gasteiger partial charge in [0.15, 0.2) is 0 Å². The maximum Gasteiger partial charge on any atom is 0.332 e. The van der Waals surface area contributed by atoms with Crippen LogP contribution in [0.2, 0.25) is 0 Å². The lowest BCUT2D eigenvalue weighted by atomic mass is 10.0. The Balaban J connectivity index is 2.14. The topological polar surface area (TPSA) is 67.5 Å². The van der Waals surface area contributed by atoms with Crippen molar-refractivity contribution in [2.75, 3.05) is 0 Å². The number of hydrogen-bond donors (Lipinski definition) is 2. The summed E-state index contributed by atoms with van der Waals surface area (Å²) in [6, 6.07) is -0.579. The molecule has 0 spiro atoms. The average Bonchev–Trinajstić information content (AvgIpc) is 2.85. The third-order valence-corrected chi connectivity index (χ3v) is 3.12. The van der Waals surface area contributed by atoms with Crippen LogP contribution in [0.15, 0.2) is 16.2 Å². The second-order valence-electron chi connectivity index (χ2n) is 4.18. The number of nitrogens with zero attached hydrogens (tertiary/aromatic N) is 1. The van der Waals surface area contributed by atoms with E-state index in [2.05, 4.69) is 10.5 Å². The van der Waals surface area contributed by atoms with E-state index in [4.69, 9.17) is 5.73 Å². The molecule has 2 aliphatic carbocycles. The zero-order valence-electron chi connectivity index (χ0n) is 8.88. The molecular formula is C11H17N3O. The molecule has 0 atom stereocenters. The second-order valence-corrected chi connectivity index (χ2v) is 4.18. The van der Waals surface area contributed by atoms with Gasteiger partial charge in [0.2, 0.25) is 0 Å². The highest BCUT2D eigenvalue weighted by molar-refractivity contribution is 6.03. The highest BCUT2D eigenvalue weighted by Gasteiger charge is 2.21. The molecule has 0 radical (unpaired) electrons. The number of carbonyl (C=O) groups is 1. The number of nitrogens with two attached hydrogens (primary N) is 1. The summed E-state index contributed by atoms with van der Waals surface area (Å²) in [4.78, 5) is 10.6. The zero-order chi connectivity index (χ0) is 10.7. The smallest absolute Gasteiger partial charge is 0.332 e. The van der Waals surface area contributed by atoms with Crippen LogP contribution in [0.4, 0.5) is 4.79 Å². The third-order valence-electron chi connectivity index (χ3n) is 3.12. The van der Waals surface area contributed by atoms with Crippen molar-refractivity contribution in [3.8, 4) is 0 Å². The molecule has 0 saturated heterocycles. The molecular weight excluding hydrogens is 190 g/mol. The van der Waals surface area contributed by atoms with Crippen LogP contribution in [0.5, 0.6) is 0 Å². The van der Waals surface area contributed by atoms with Crippen LogP contribution in [-0.2, 0) is 0 Å². The first-order valence-electron chi connectivity index (χ1n) is 5.60. The van der Waals surface area contributed by atoms with E-state index in [-0.39, 0.29) is 0 Å². The average molecular weight is 207 g/mol. The molecule has 82 valence electrons. The van der Waals surface area contributed by atoms with Gasteiger partial charge in [0, 0.05) is 0 Å². The molecule has 0 aliphatic heterocycles. The molecule has 0 aromatic heterocycles. The number of rotatable bonds is 1. The second kappa shape index (κ2) is 4.47. The van der Waals surface area contributed by atoms with E-state index < -0.39 is 6.03 Å². The van der Waals surface area contributed by atoms with Gasteiger partial charge < -0.3 is 5.73 Å². The van der Waals surface area contributed by atoms with Crippen LogP contribution in [0.1, 0.15) is 44.9 Å². The van der Waals surface area contributed by atoms with Gasteiger partial charge in [-0.15, -0.1) is 0 Å². The molecule has 2 saturated carbocycles. The van der Waals surface area contributed by atoms with Gasteiger partial charge in [0.05, 0.1) is 5.71 Å². The standard InChI is InChI=1S/C11H17N3O/c12-11(15)14-13-10-7-3-6-9(10)8-4-1-2-5-8/h1-7H2,(H3,12,14,15)/b13-10-. The van der Waals surface area contributed by atoms with Crippen molar-refractivity contribution in [3.63, 3.8) is 0 Å². The minimum atomic E-state index is -0.579. The number of allylic oxidation sites excluding steroid dienone is 2. The number of carbonyl (C=O) groups excluding carboxylic acids is 1. The van der Waals surface area contributed by atoms with Crippen molar-refractivity contribution in [2.45, 2.75) is 44.9 Å². The fraction of sp³-hybridized carbons (Fsp3) is 0.636. The predicted octanol–water partition coefficient (Wildman–Crippen LogP) is 2.07. The highest BCUT2D eigenvalue weighted by Crippen LogP contribution is 2.33. The van der Waals surface area contributed by atoms with Gasteiger partial charge in [0.1, 0.15) is 0 Å². The summed E-state index contributed by atoms with van der Waals surface area (Å²) in [5.74, 6) is 0. The number of nitrogens with one attached hydrogen (secondary N) is 1. The van der Waals surface area contributed by atoms with Crippen LogP contribution >= 0.6 is 0 Å². The lowest BCUT2D eigenvalue weighted by molar-refractivity contribution is 0.249. The third kappa shape index (κ3) is 2.37. The monoisotopic (exact) mass is 207 g/mol. The highest BCUT2D eigenvalue weighted by atomic mass is 16.2. The lowest BCUT2D eigenvalue weighted by Crippen LogP contribution is -2.25. The number of hydrazone groups is 1. The Hall–Kier alpha value is -1.32. The van der Waals surface area contributed by atoms with Gasteiger partial charge in [0.25, 0.3) is 0 Å². The molecule has 3 N–H and O–H groups in total. The van der Waals surface area contributed by atoms with Crippen LogP contribution in [0.25, 0.3) is 0 Å². The van der Waals surface area contributed by atoms with Crippen LogP contribution in [0, 0.1) is 0 Å². The van der Waals surface area contributed by atoms with Crippen molar-refractivity contribution in [3.05, 3.63) is 11.1 Å². The number of amides is 2. The van der Waals surface area contributed by atoms with Gasteiger partial charge in [-0.1, -0.05) is 5.57 Å². The molecule has 4 heteroatoms.